The molecule has 1 unspecified atom stereocenters. The van der Waals surface area contributed by atoms with E-state index in [1.807, 2.05) is 53.2 Å². The van der Waals surface area contributed by atoms with Crippen LogP contribution in [-0.2, 0) is 6.42 Å². The second-order valence-corrected chi connectivity index (χ2v) is 10.2. The molecule has 9 heteroatoms. The highest BCUT2D eigenvalue weighted by Gasteiger charge is 2.25. The third-order valence-corrected chi connectivity index (χ3v) is 7.39. The van der Waals surface area contributed by atoms with Crippen LogP contribution in [0, 0.1) is 0 Å². The van der Waals surface area contributed by atoms with E-state index in [0.29, 0.717) is 16.9 Å². The Morgan fingerprint density at radius 1 is 1.10 bits per heavy atom. The molecule has 2 aromatic carbocycles. The van der Waals surface area contributed by atoms with Crippen molar-refractivity contribution in [2.45, 2.75) is 45.1 Å². The van der Waals surface area contributed by atoms with Crippen LogP contribution >= 0.6 is 0 Å². The van der Waals surface area contributed by atoms with Gasteiger partial charge in [-0.1, -0.05) is 26.1 Å². The molecule has 0 bridgehead atoms. The van der Waals surface area contributed by atoms with Gasteiger partial charge in [0.1, 0.15) is 11.6 Å². The topological polar surface area (TPSA) is 107 Å². The van der Waals surface area contributed by atoms with Crippen molar-refractivity contribution < 1.29 is 9.90 Å². The highest BCUT2D eigenvalue weighted by atomic mass is 16.3. The number of benzene rings is 2. The third kappa shape index (κ3) is 6.41. The van der Waals surface area contributed by atoms with E-state index in [2.05, 4.69) is 46.0 Å². The molecule has 4 N–H and O–H groups in total. The lowest BCUT2D eigenvalue weighted by molar-refractivity contribution is 0.102. The van der Waals surface area contributed by atoms with Gasteiger partial charge in [-0.25, -0.2) is 4.98 Å². The fourth-order valence-corrected chi connectivity index (χ4v) is 5.20. The number of rotatable bonds is 11. The first-order chi connectivity index (χ1) is 20.0. The second kappa shape index (κ2) is 12.7. The molecule has 5 rings (SSSR count). The number of aliphatic hydroxyl groups is 1. The molecular weight excluding hydrogens is 514 g/mol. The summed E-state index contributed by atoms with van der Waals surface area (Å²) in [5.74, 6) is 1.46. The predicted molar refractivity (Wildman–Crippen MR) is 166 cm³/mol. The number of aryl methyl sites for hydroxylation is 1. The lowest BCUT2D eigenvalue weighted by Crippen LogP contribution is -2.40. The fourth-order valence-electron chi connectivity index (χ4n) is 5.20. The van der Waals surface area contributed by atoms with Crippen molar-refractivity contribution in [1.29, 1.82) is 0 Å². The van der Waals surface area contributed by atoms with Crippen LogP contribution in [0.5, 0.6) is 0 Å². The second-order valence-electron chi connectivity index (χ2n) is 10.2. The minimum Gasteiger partial charge on any atom is -0.396 e. The van der Waals surface area contributed by atoms with Gasteiger partial charge in [0.2, 0.25) is 0 Å². The highest BCUT2D eigenvalue weighted by Crippen LogP contribution is 2.30. The summed E-state index contributed by atoms with van der Waals surface area (Å²) < 4.78 is 1.83. The van der Waals surface area contributed by atoms with Crippen molar-refractivity contribution in [2.24, 2.45) is 0 Å². The van der Waals surface area contributed by atoms with Crippen molar-refractivity contribution >= 4 is 40.3 Å². The van der Waals surface area contributed by atoms with Gasteiger partial charge >= 0.3 is 0 Å². The van der Waals surface area contributed by atoms with Crippen molar-refractivity contribution in [3.63, 3.8) is 0 Å². The number of allylic oxidation sites excluding steroid dienone is 1. The average molecular weight is 552 g/mol. The summed E-state index contributed by atoms with van der Waals surface area (Å²) in [7, 11) is 0. The summed E-state index contributed by atoms with van der Waals surface area (Å²) >= 11 is 0. The Balaban J connectivity index is 1.38. The number of carbonyl (C=O) groups is 1. The van der Waals surface area contributed by atoms with Crippen LogP contribution < -0.4 is 20.9 Å². The molecule has 1 atom stereocenters. The zero-order valence-corrected chi connectivity index (χ0v) is 23.4. The lowest BCUT2D eigenvalue weighted by atomic mass is 9.99. The van der Waals surface area contributed by atoms with Gasteiger partial charge in [-0.05, 0) is 80.6 Å². The third-order valence-electron chi connectivity index (χ3n) is 7.39. The number of fused-ring (bicyclic) bond motifs is 1. The van der Waals surface area contributed by atoms with Crippen LogP contribution in [-0.4, -0.2) is 44.8 Å². The number of aromatic nitrogens is 3. The summed E-state index contributed by atoms with van der Waals surface area (Å²) in [4.78, 5) is 20.3. The molecule has 41 heavy (non-hydrogen) atoms. The first-order valence-electron chi connectivity index (χ1n) is 14.1. The molecule has 2 aromatic heterocycles. The summed E-state index contributed by atoms with van der Waals surface area (Å²) in [6.45, 7) is 10.7. The number of hydrogen-bond acceptors (Lipinski definition) is 7. The van der Waals surface area contributed by atoms with Crippen molar-refractivity contribution in [3.05, 3.63) is 96.9 Å². The fraction of sp³-hybridized carbons (Fsp3) is 0.281. The molecule has 1 amide bonds. The number of aliphatic hydroxyl groups excluding tert-OH is 1. The minimum atomic E-state index is -0.204. The van der Waals surface area contributed by atoms with Gasteiger partial charge in [-0.2, -0.15) is 9.61 Å². The van der Waals surface area contributed by atoms with E-state index in [1.165, 1.54) is 0 Å². The predicted octanol–water partition coefficient (Wildman–Crippen LogP) is 6.14. The van der Waals surface area contributed by atoms with Crippen molar-refractivity contribution in [1.82, 2.24) is 14.6 Å². The van der Waals surface area contributed by atoms with Gasteiger partial charge in [-0.15, -0.1) is 0 Å². The smallest absolute Gasteiger partial charge is 0.255 e. The Morgan fingerprint density at radius 3 is 2.66 bits per heavy atom. The molecule has 0 spiro atoms. The molecular formula is C32H37N7O2. The number of nitrogens with one attached hydrogen (secondary N) is 3. The Labute approximate surface area is 240 Å². The van der Waals surface area contributed by atoms with Crippen molar-refractivity contribution in [3.8, 4) is 0 Å². The van der Waals surface area contributed by atoms with Crippen LogP contribution in [0.15, 0.2) is 85.7 Å². The summed E-state index contributed by atoms with van der Waals surface area (Å²) in [6.07, 6.45) is 8.34. The standard InChI is InChI=1S/C32H37N7O2/c1-4-22(3)34-25-14-12-24(13-15-25)32(41)36-27-10-8-9-26(19-27)35-30-20-29(37-31-23(5-2)21-33-39(30)31)38-17-7-6-11-28(38)16-18-40/h4,8-10,12-15,19-21,28,34-35,40H,1,3,5-7,11,16-18H2,2H3,(H,36,41). The molecule has 9 nitrogen and oxygen atoms in total. The molecule has 1 aliphatic rings. The van der Waals surface area contributed by atoms with E-state index in [9.17, 15) is 9.90 Å². The van der Waals surface area contributed by atoms with Gasteiger partial charge < -0.3 is 26.0 Å². The van der Waals surface area contributed by atoms with Gasteiger partial charge in [0, 0.05) is 59.1 Å². The summed E-state index contributed by atoms with van der Waals surface area (Å²) in [5.41, 5.74) is 5.43. The number of nitrogens with zero attached hydrogens (tertiary/aromatic N) is 4. The number of hydrogen-bond donors (Lipinski definition) is 4. The van der Waals surface area contributed by atoms with Crippen LogP contribution in [0.1, 0.15) is 48.5 Å². The van der Waals surface area contributed by atoms with E-state index < -0.39 is 0 Å². The van der Waals surface area contributed by atoms with Crippen LogP contribution in [0.4, 0.5) is 28.7 Å². The molecule has 3 heterocycles. The van der Waals surface area contributed by atoms with E-state index in [4.69, 9.17) is 4.98 Å². The van der Waals surface area contributed by atoms with Crippen LogP contribution in [0.25, 0.3) is 5.65 Å². The maximum absolute atomic E-state index is 13.0. The van der Waals surface area contributed by atoms with Gasteiger partial charge in [0.25, 0.3) is 5.91 Å². The molecule has 1 aliphatic heterocycles. The molecule has 1 fully saturated rings. The Hall–Kier alpha value is -4.63. The number of carbonyl (C=O) groups excluding carboxylic acids is 1. The first kappa shape index (κ1) is 27.9. The summed E-state index contributed by atoms with van der Waals surface area (Å²) in [6, 6.07) is 17.1. The van der Waals surface area contributed by atoms with E-state index >= 15 is 0 Å². The Bertz CT molecular complexity index is 1540. The number of anilines is 5. The molecule has 4 aromatic rings. The number of amides is 1. The Morgan fingerprint density at radius 2 is 1.90 bits per heavy atom. The Kier molecular flexibility index (Phi) is 8.64. The van der Waals surface area contributed by atoms with E-state index in [0.717, 1.165) is 72.9 Å². The van der Waals surface area contributed by atoms with Crippen molar-refractivity contribution in [2.75, 3.05) is 34.0 Å². The maximum Gasteiger partial charge on any atom is 0.255 e. The van der Waals surface area contributed by atoms with Gasteiger partial charge in [0.05, 0.1) is 6.20 Å². The quantitative estimate of drug-likeness (QED) is 0.166. The summed E-state index contributed by atoms with van der Waals surface area (Å²) in [5, 5.41) is 23.9. The molecule has 0 aliphatic carbocycles. The highest BCUT2D eigenvalue weighted by molar-refractivity contribution is 6.04. The number of piperidine rings is 1. The van der Waals surface area contributed by atoms with Crippen LogP contribution in [0.3, 0.4) is 0 Å². The average Bonchev–Trinajstić information content (AvgIpc) is 3.41. The normalized spacial score (nSPS) is 15.0. The van der Waals surface area contributed by atoms with Gasteiger partial charge in [-0.3, -0.25) is 4.79 Å². The molecule has 212 valence electrons. The largest absolute Gasteiger partial charge is 0.396 e. The zero-order chi connectivity index (χ0) is 28.8. The molecule has 0 saturated carbocycles. The monoisotopic (exact) mass is 551 g/mol. The van der Waals surface area contributed by atoms with Crippen LogP contribution in [0.2, 0.25) is 0 Å². The SMILES string of the molecule is C=CC(=C)Nc1ccc(C(=O)Nc2cccc(Nc3cc(N4CCCCC4CCO)nc4c(CC)cnn34)c2)cc1. The first-order valence-corrected chi connectivity index (χ1v) is 14.1. The lowest BCUT2D eigenvalue weighted by Gasteiger charge is -2.36. The van der Waals surface area contributed by atoms with E-state index in [-0.39, 0.29) is 18.6 Å². The minimum absolute atomic E-state index is 0.159. The van der Waals surface area contributed by atoms with Gasteiger partial charge in [0.15, 0.2) is 5.65 Å². The maximum atomic E-state index is 13.0. The zero-order valence-electron chi connectivity index (χ0n) is 23.4. The molecule has 0 radical (unpaired) electrons. The molecule has 1 saturated heterocycles. The van der Waals surface area contributed by atoms with E-state index in [1.54, 1.807) is 18.2 Å².